The van der Waals surface area contributed by atoms with E-state index in [-0.39, 0.29) is 17.4 Å². The van der Waals surface area contributed by atoms with Gasteiger partial charge in [-0.3, -0.25) is 14.6 Å². The maximum Gasteiger partial charge on any atom is 0.251 e. The van der Waals surface area contributed by atoms with Gasteiger partial charge >= 0.3 is 0 Å². The number of pyridine rings is 1. The van der Waals surface area contributed by atoms with E-state index in [9.17, 15) is 9.59 Å². The predicted octanol–water partition coefficient (Wildman–Crippen LogP) is 2.19. The number of rotatable bonds is 2. The highest BCUT2D eigenvalue weighted by atomic mass is 16.2. The Kier molecular flexibility index (Phi) is 4.22. The fourth-order valence-corrected chi connectivity index (χ4v) is 2.97. The monoisotopic (exact) mass is 326 g/mol. The van der Waals surface area contributed by atoms with Crippen LogP contribution in [-0.2, 0) is 4.79 Å². The summed E-state index contributed by atoms with van der Waals surface area (Å²) in [7, 11) is 0. The Morgan fingerprint density at radius 2 is 2.12 bits per heavy atom. The molecule has 24 heavy (non-hydrogen) atoms. The van der Waals surface area contributed by atoms with Gasteiger partial charge in [0.1, 0.15) is 5.69 Å². The van der Waals surface area contributed by atoms with Gasteiger partial charge < -0.3 is 9.88 Å². The van der Waals surface area contributed by atoms with E-state index in [1.54, 1.807) is 6.20 Å². The minimum Gasteiger partial charge on any atom is -0.342 e. The van der Waals surface area contributed by atoms with Crippen LogP contribution in [0.5, 0.6) is 0 Å². The minimum atomic E-state index is -0.393. The van der Waals surface area contributed by atoms with Crippen LogP contribution in [0.25, 0.3) is 11.5 Å². The van der Waals surface area contributed by atoms with Crippen molar-refractivity contribution in [2.45, 2.75) is 33.1 Å². The molecule has 0 radical (unpaired) electrons. The number of hydrogen-bond acceptors (Lipinski definition) is 4. The van der Waals surface area contributed by atoms with E-state index < -0.39 is 5.41 Å². The molecule has 1 N–H and O–H groups in total. The molecule has 1 atom stereocenters. The molecule has 2 aromatic heterocycles. The van der Waals surface area contributed by atoms with Crippen LogP contribution in [0.3, 0.4) is 0 Å². The summed E-state index contributed by atoms with van der Waals surface area (Å²) in [5, 5.41) is 0. The lowest BCUT2D eigenvalue weighted by Gasteiger charge is -2.25. The van der Waals surface area contributed by atoms with Gasteiger partial charge in [-0.25, -0.2) is 4.98 Å². The molecule has 6 nitrogen and oxygen atoms in total. The van der Waals surface area contributed by atoms with Gasteiger partial charge in [0.25, 0.3) is 5.56 Å². The first-order valence-corrected chi connectivity index (χ1v) is 8.16. The molecule has 1 amide bonds. The molecule has 1 aliphatic rings. The molecular formula is C18H22N4O2. The van der Waals surface area contributed by atoms with Crippen molar-refractivity contribution in [2.75, 3.05) is 13.1 Å². The first-order chi connectivity index (χ1) is 11.3. The number of hydrogen-bond donors (Lipinski definition) is 1. The summed E-state index contributed by atoms with van der Waals surface area (Å²) in [6.45, 7) is 7.08. The van der Waals surface area contributed by atoms with Gasteiger partial charge in [-0.05, 0) is 18.6 Å². The maximum absolute atomic E-state index is 12.4. The normalized spacial score (nSPS) is 18.0. The van der Waals surface area contributed by atoms with Gasteiger partial charge in [0.05, 0.1) is 5.69 Å². The minimum absolute atomic E-state index is 0.0843. The summed E-state index contributed by atoms with van der Waals surface area (Å²) >= 11 is 0. The molecule has 0 saturated carbocycles. The topological polar surface area (TPSA) is 79.0 Å². The van der Waals surface area contributed by atoms with E-state index in [0.717, 1.165) is 12.1 Å². The van der Waals surface area contributed by atoms with Gasteiger partial charge in [-0.1, -0.05) is 26.8 Å². The number of aromatic nitrogens is 3. The molecule has 6 heteroatoms. The smallest absolute Gasteiger partial charge is 0.251 e. The lowest BCUT2D eigenvalue weighted by Crippen LogP contribution is -2.37. The second-order valence-corrected chi connectivity index (χ2v) is 7.22. The summed E-state index contributed by atoms with van der Waals surface area (Å²) < 4.78 is 0. The lowest BCUT2D eigenvalue weighted by atomic mass is 9.95. The Morgan fingerprint density at radius 1 is 1.33 bits per heavy atom. The summed E-state index contributed by atoms with van der Waals surface area (Å²) in [5.74, 6) is 0.694. The molecule has 2 aromatic rings. The number of carbonyl (C=O) groups excluding carboxylic acids is 1. The lowest BCUT2D eigenvalue weighted by molar-refractivity contribution is -0.138. The van der Waals surface area contributed by atoms with Gasteiger partial charge in [-0.15, -0.1) is 0 Å². The summed E-state index contributed by atoms with van der Waals surface area (Å²) in [6, 6.07) is 7.01. The summed E-state index contributed by atoms with van der Waals surface area (Å²) in [5.41, 5.74) is 0.775. The van der Waals surface area contributed by atoms with Crippen molar-refractivity contribution in [3.63, 3.8) is 0 Å². The van der Waals surface area contributed by atoms with Crippen LogP contribution >= 0.6 is 0 Å². The van der Waals surface area contributed by atoms with Gasteiger partial charge in [-0.2, -0.15) is 0 Å². The number of nitrogens with one attached hydrogen (secondary N) is 1. The van der Waals surface area contributed by atoms with E-state index >= 15 is 0 Å². The average molecular weight is 326 g/mol. The predicted molar refractivity (Wildman–Crippen MR) is 91.5 cm³/mol. The van der Waals surface area contributed by atoms with Crippen molar-refractivity contribution in [3.8, 4) is 11.5 Å². The van der Waals surface area contributed by atoms with Crippen molar-refractivity contribution >= 4 is 5.91 Å². The molecule has 1 unspecified atom stereocenters. The zero-order valence-corrected chi connectivity index (χ0v) is 14.2. The van der Waals surface area contributed by atoms with E-state index in [4.69, 9.17) is 0 Å². The van der Waals surface area contributed by atoms with Crippen molar-refractivity contribution in [3.05, 3.63) is 46.5 Å². The maximum atomic E-state index is 12.4. The molecule has 0 aliphatic carbocycles. The molecule has 1 saturated heterocycles. The zero-order chi connectivity index (χ0) is 17.3. The van der Waals surface area contributed by atoms with Gasteiger partial charge in [0, 0.05) is 36.7 Å². The molecule has 3 rings (SSSR count). The fourth-order valence-electron chi connectivity index (χ4n) is 2.97. The zero-order valence-electron chi connectivity index (χ0n) is 14.2. The van der Waals surface area contributed by atoms with Crippen LogP contribution in [0.15, 0.2) is 35.3 Å². The Morgan fingerprint density at radius 3 is 2.79 bits per heavy atom. The van der Waals surface area contributed by atoms with Crippen LogP contribution in [0, 0.1) is 5.41 Å². The summed E-state index contributed by atoms with van der Waals surface area (Å²) in [6.07, 6.45) is 2.49. The number of carbonyl (C=O) groups is 1. The molecule has 1 aliphatic heterocycles. The average Bonchev–Trinajstić information content (AvgIpc) is 3.03. The Balaban J connectivity index is 1.85. The van der Waals surface area contributed by atoms with E-state index in [1.165, 1.54) is 6.07 Å². The summed E-state index contributed by atoms with van der Waals surface area (Å²) in [4.78, 5) is 37.9. The van der Waals surface area contributed by atoms with Crippen molar-refractivity contribution in [1.82, 2.24) is 19.9 Å². The van der Waals surface area contributed by atoms with E-state index in [1.807, 2.05) is 43.9 Å². The van der Waals surface area contributed by atoms with E-state index in [2.05, 4.69) is 15.0 Å². The van der Waals surface area contributed by atoms with E-state index in [0.29, 0.717) is 24.6 Å². The molecule has 0 spiro atoms. The van der Waals surface area contributed by atoms with Gasteiger partial charge in [0.15, 0.2) is 5.82 Å². The van der Waals surface area contributed by atoms with Crippen LogP contribution in [0.4, 0.5) is 0 Å². The molecule has 3 heterocycles. The Labute approximate surface area is 141 Å². The SMILES string of the molecule is CC(C)(C)C(=O)N1CCC(c2cc(=O)[nH]c(-c3ccccn3)n2)C1. The third kappa shape index (κ3) is 3.37. The number of likely N-dealkylation sites (tertiary alicyclic amines) is 1. The molecule has 1 fully saturated rings. The highest BCUT2D eigenvalue weighted by Gasteiger charge is 2.34. The first-order valence-electron chi connectivity index (χ1n) is 8.16. The first kappa shape index (κ1) is 16.4. The van der Waals surface area contributed by atoms with Crippen molar-refractivity contribution < 1.29 is 4.79 Å². The quantitative estimate of drug-likeness (QED) is 0.917. The number of aromatic amines is 1. The van der Waals surface area contributed by atoms with Crippen LogP contribution < -0.4 is 5.56 Å². The standard InChI is InChI=1S/C18H22N4O2/c1-18(2,3)17(24)22-9-7-12(11-22)14-10-15(23)21-16(20-14)13-6-4-5-8-19-13/h4-6,8,10,12H,7,9,11H2,1-3H3,(H,20,21,23). The highest BCUT2D eigenvalue weighted by molar-refractivity contribution is 5.81. The number of H-pyrrole nitrogens is 1. The second-order valence-electron chi connectivity index (χ2n) is 7.22. The number of amides is 1. The van der Waals surface area contributed by atoms with Crippen LogP contribution in [0.2, 0.25) is 0 Å². The van der Waals surface area contributed by atoms with Crippen molar-refractivity contribution in [1.29, 1.82) is 0 Å². The Bertz CT molecular complexity index is 793. The van der Waals surface area contributed by atoms with Crippen molar-refractivity contribution in [2.24, 2.45) is 5.41 Å². The van der Waals surface area contributed by atoms with Crippen LogP contribution in [0.1, 0.15) is 38.8 Å². The largest absolute Gasteiger partial charge is 0.342 e. The highest BCUT2D eigenvalue weighted by Crippen LogP contribution is 2.29. The van der Waals surface area contributed by atoms with Crippen LogP contribution in [-0.4, -0.2) is 38.8 Å². The molecule has 0 bridgehead atoms. The molecule has 126 valence electrons. The fraction of sp³-hybridized carbons (Fsp3) is 0.444. The second kappa shape index (κ2) is 6.19. The van der Waals surface area contributed by atoms with Gasteiger partial charge in [0.2, 0.25) is 5.91 Å². The third-order valence-corrected chi connectivity index (χ3v) is 4.20. The molecular weight excluding hydrogens is 304 g/mol. The Hall–Kier alpha value is -2.50. The third-order valence-electron chi connectivity index (χ3n) is 4.20. The number of nitrogens with zero attached hydrogens (tertiary/aromatic N) is 3. The molecule has 0 aromatic carbocycles.